The maximum atomic E-state index is 13.0. The lowest BCUT2D eigenvalue weighted by Gasteiger charge is -2.37. The first-order chi connectivity index (χ1) is 12.8. The molecule has 2 unspecified atom stereocenters. The van der Waals surface area contributed by atoms with Crippen LogP contribution in [0, 0.1) is 5.82 Å². The van der Waals surface area contributed by atoms with Gasteiger partial charge in [-0.25, -0.2) is 12.8 Å². The third-order valence-electron chi connectivity index (χ3n) is 5.35. The fraction of sp³-hybridized carbons (Fsp3) is 0.444. The second-order valence-corrected chi connectivity index (χ2v) is 9.18. The van der Waals surface area contributed by atoms with Crippen LogP contribution in [0.25, 0.3) is 11.3 Å². The minimum Gasteiger partial charge on any atom is -0.348 e. The molecule has 2 saturated heterocycles. The molecule has 0 aliphatic carbocycles. The lowest BCUT2D eigenvalue weighted by Crippen LogP contribution is -2.52. The van der Waals surface area contributed by atoms with E-state index in [2.05, 4.69) is 15.5 Å². The van der Waals surface area contributed by atoms with E-state index in [9.17, 15) is 17.6 Å². The fourth-order valence-electron chi connectivity index (χ4n) is 4.26. The molecule has 1 aromatic heterocycles. The van der Waals surface area contributed by atoms with Crippen molar-refractivity contribution in [2.45, 2.75) is 43.8 Å². The Balaban J connectivity index is 1.43. The van der Waals surface area contributed by atoms with E-state index in [0.29, 0.717) is 29.8 Å². The first kappa shape index (κ1) is 18.1. The number of piperidine rings is 1. The highest BCUT2D eigenvalue weighted by atomic mass is 32.2. The molecule has 3 heterocycles. The van der Waals surface area contributed by atoms with Gasteiger partial charge in [0.2, 0.25) is 10.0 Å². The number of H-pyrrole nitrogens is 1. The molecule has 4 rings (SSSR count). The molecule has 1 aromatic carbocycles. The number of aromatic nitrogens is 2. The molecular weight excluding hydrogens is 371 g/mol. The first-order valence-corrected chi connectivity index (χ1v) is 10.8. The minimum absolute atomic E-state index is 0.0411. The van der Waals surface area contributed by atoms with Gasteiger partial charge in [0, 0.05) is 23.7 Å². The Bertz CT molecular complexity index is 943. The number of sulfonamides is 1. The molecule has 0 spiro atoms. The van der Waals surface area contributed by atoms with Crippen LogP contribution in [0.2, 0.25) is 0 Å². The van der Waals surface area contributed by atoms with Crippen molar-refractivity contribution in [3.8, 4) is 11.3 Å². The molecule has 2 fully saturated rings. The summed E-state index contributed by atoms with van der Waals surface area (Å²) in [6, 6.07) is 7.37. The van der Waals surface area contributed by atoms with Crippen LogP contribution in [-0.4, -0.2) is 53.2 Å². The average molecular weight is 392 g/mol. The van der Waals surface area contributed by atoms with Gasteiger partial charge in [-0.1, -0.05) is 0 Å². The summed E-state index contributed by atoms with van der Waals surface area (Å²) in [4.78, 5) is 12.5. The van der Waals surface area contributed by atoms with E-state index in [1.54, 1.807) is 22.5 Å². The standard InChI is InChI=1S/C18H21FN4O3S/c1-27(25,26)23-14-6-7-15(23)9-13(8-14)20-18(24)17-10-16(21-22-17)11-2-4-12(19)5-3-11/h2-5,10,13-15H,6-9H2,1H3,(H,20,24)(H,21,22). The van der Waals surface area contributed by atoms with Gasteiger partial charge in [-0.3, -0.25) is 9.89 Å². The smallest absolute Gasteiger partial charge is 0.269 e. The lowest BCUT2D eigenvalue weighted by molar-refractivity contribution is 0.0904. The van der Waals surface area contributed by atoms with Crippen LogP contribution >= 0.6 is 0 Å². The maximum absolute atomic E-state index is 13.0. The number of benzene rings is 1. The van der Waals surface area contributed by atoms with Crippen LogP contribution in [-0.2, 0) is 10.0 Å². The zero-order valence-electron chi connectivity index (χ0n) is 14.9. The van der Waals surface area contributed by atoms with Crippen molar-refractivity contribution in [3.05, 3.63) is 41.8 Å². The molecule has 2 aliphatic rings. The van der Waals surface area contributed by atoms with Crippen LogP contribution in [0.4, 0.5) is 4.39 Å². The van der Waals surface area contributed by atoms with Gasteiger partial charge in [0.1, 0.15) is 11.5 Å². The van der Waals surface area contributed by atoms with Gasteiger partial charge >= 0.3 is 0 Å². The number of amides is 1. The Morgan fingerprint density at radius 3 is 2.44 bits per heavy atom. The van der Waals surface area contributed by atoms with E-state index < -0.39 is 10.0 Å². The summed E-state index contributed by atoms with van der Waals surface area (Å²) in [6.07, 6.45) is 4.16. The molecule has 1 amide bonds. The van der Waals surface area contributed by atoms with Crippen molar-refractivity contribution >= 4 is 15.9 Å². The number of carbonyl (C=O) groups is 1. The highest BCUT2D eigenvalue weighted by Crippen LogP contribution is 2.37. The fourth-order valence-corrected chi connectivity index (χ4v) is 5.73. The van der Waals surface area contributed by atoms with E-state index in [-0.39, 0.29) is 29.8 Å². The van der Waals surface area contributed by atoms with E-state index in [4.69, 9.17) is 0 Å². The van der Waals surface area contributed by atoms with Gasteiger partial charge in [-0.2, -0.15) is 9.40 Å². The highest BCUT2D eigenvalue weighted by molar-refractivity contribution is 7.88. The highest BCUT2D eigenvalue weighted by Gasteiger charge is 2.45. The van der Waals surface area contributed by atoms with Gasteiger partial charge in [0.25, 0.3) is 5.91 Å². The Hall–Kier alpha value is -2.26. The molecule has 2 aromatic rings. The SMILES string of the molecule is CS(=O)(=O)N1C2CCC1CC(NC(=O)c1cc(-c3ccc(F)cc3)n[nH]1)C2. The van der Waals surface area contributed by atoms with Crippen LogP contribution in [0.1, 0.15) is 36.2 Å². The second kappa shape index (κ2) is 6.72. The minimum atomic E-state index is -3.22. The summed E-state index contributed by atoms with van der Waals surface area (Å²) in [5.74, 6) is -0.601. The number of aromatic amines is 1. The van der Waals surface area contributed by atoms with Gasteiger partial charge in [0.05, 0.1) is 11.9 Å². The molecule has 2 aliphatic heterocycles. The Kier molecular flexibility index (Phi) is 4.51. The number of fused-ring (bicyclic) bond motifs is 2. The van der Waals surface area contributed by atoms with Crippen molar-refractivity contribution in [1.29, 1.82) is 0 Å². The quantitative estimate of drug-likeness (QED) is 0.831. The summed E-state index contributed by atoms with van der Waals surface area (Å²) in [5, 5.41) is 9.83. The number of halogens is 1. The molecule has 27 heavy (non-hydrogen) atoms. The topological polar surface area (TPSA) is 95.2 Å². The second-order valence-electron chi connectivity index (χ2n) is 7.29. The van der Waals surface area contributed by atoms with Crippen molar-refractivity contribution < 1.29 is 17.6 Å². The largest absolute Gasteiger partial charge is 0.348 e. The normalized spacial score (nSPS) is 25.5. The van der Waals surface area contributed by atoms with Crippen LogP contribution < -0.4 is 5.32 Å². The van der Waals surface area contributed by atoms with Crippen LogP contribution in [0.15, 0.2) is 30.3 Å². The number of rotatable bonds is 4. The summed E-state index contributed by atoms with van der Waals surface area (Å²) < 4.78 is 38.6. The summed E-state index contributed by atoms with van der Waals surface area (Å²) in [7, 11) is -3.22. The molecule has 2 atom stereocenters. The Labute approximate surface area is 157 Å². The van der Waals surface area contributed by atoms with Crippen molar-refractivity contribution in [2.75, 3.05) is 6.26 Å². The third-order valence-corrected chi connectivity index (χ3v) is 6.71. The predicted octanol–water partition coefficient (Wildman–Crippen LogP) is 1.90. The van der Waals surface area contributed by atoms with Crippen LogP contribution in [0.3, 0.4) is 0 Å². The monoisotopic (exact) mass is 392 g/mol. The van der Waals surface area contributed by atoms with Crippen molar-refractivity contribution in [3.63, 3.8) is 0 Å². The predicted molar refractivity (Wildman–Crippen MR) is 98.0 cm³/mol. The number of carbonyl (C=O) groups excluding carboxylic acids is 1. The van der Waals surface area contributed by atoms with E-state index in [1.165, 1.54) is 18.4 Å². The molecule has 2 bridgehead atoms. The van der Waals surface area contributed by atoms with E-state index in [1.807, 2.05) is 0 Å². The molecule has 0 saturated carbocycles. The Morgan fingerprint density at radius 1 is 1.22 bits per heavy atom. The van der Waals surface area contributed by atoms with E-state index in [0.717, 1.165) is 12.8 Å². The number of nitrogens with zero attached hydrogens (tertiary/aromatic N) is 2. The summed E-state index contributed by atoms with van der Waals surface area (Å²) in [5.41, 5.74) is 1.60. The molecule has 9 heteroatoms. The van der Waals surface area contributed by atoms with Crippen molar-refractivity contribution in [2.24, 2.45) is 0 Å². The van der Waals surface area contributed by atoms with Gasteiger partial charge in [-0.05, 0) is 56.0 Å². The summed E-state index contributed by atoms with van der Waals surface area (Å²) >= 11 is 0. The summed E-state index contributed by atoms with van der Waals surface area (Å²) in [6.45, 7) is 0. The molecular formula is C18H21FN4O3S. The third kappa shape index (κ3) is 3.61. The zero-order valence-corrected chi connectivity index (χ0v) is 15.7. The molecule has 0 radical (unpaired) electrons. The zero-order chi connectivity index (χ0) is 19.2. The van der Waals surface area contributed by atoms with Gasteiger partial charge in [-0.15, -0.1) is 0 Å². The van der Waals surface area contributed by atoms with Crippen molar-refractivity contribution in [1.82, 2.24) is 19.8 Å². The number of nitrogens with one attached hydrogen (secondary N) is 2. The van der Waals surface area contributed by atoms with E-state index >= 15 is 0 Å². The average Bonchev–Trinajstić information content (AvgIpc) is 3.19. The number of hydrogen-bond donors (Lipinski definition) is 2. The lowest BCUT2D eigenvalue weighted by atomic mass is 9.99. The van der Waals surface area contributed by atoms with Crippen LogP contribution in [0.5, 0.6) is 0 Å². The van der Waals surface area contributed by atoms with Gasteiger partial charge in [0.15, 0.2) is 0 Å². The maximum Gasteiger partial charge on any atom is 0.269 e. The Morgan fingerprint density at radius 2 is 1.85 bits per heavy atom. The molecule has 144 valence electrons. The molecule has 2 N–H and O–H groups in total. The molecule has 7 nitrogen and oxygen atoms in total. The number of hydrogen-bond acceptors (Lipinski definition) is 4. The van der Waals surface area contributed by atoms with Gasteiger partial charge < -0.3 is 5.32 Å². The first-order valence-electron chi connectivity index (χ1n) is 8.92.